The zero-order chi connectivity index (χ0) is 17.3. The molecule has 3 rings (SSSR count). The average molecular weight is 361 g/mol. The zero-order valence-corrected chi connectivity index (χ0v) is 14.6. The van der Waals surface area contributed by atoms with Crippen LogP contribution in [0.1, 0.15) is 12.5 Å². The molecule has 2 aromatic carbocycles. The van der Waals surface area contributed by atoms with Crippen LogP contribution in [-0.2, 0) is 4.79 Å². The van der Waals surface area contributed by atoms with E-state index in [2.05, 4.69) is 5.10 Å². The minimum Gasteiger partial charge on any atom is -0.497 e. The van der Waals surface area contributed by atoms with Gasteiger partial charge in [-0.1, -0.05) is 35.3 Å². The van der Waals surface area contributed by atoms with Gasteiger partial charge in [-0.25, -0.2) is 0 Å². The molecule has 0 fully saturated rings. The summed E-state index contributed by atoms with van der Waals surface area (Å²) < 4.78 is 5.13. The molecule has 1 aliphatic heterocycles. The van der Waals surface area contributed by atoms with Gasteiger partial charge in [-0.05, 0) is 48.9 Å². The number of carbonyl (C=O) groups is 1. The lowest BCUT2D eigenvalue weighted by Crippen LogP contribution is -2.21. The van der Waals surface area contributed by atoms with Crippen LogP contribution in [0.3, 0.4) is 0 Å². The van der Waals surface area contributed by atoms with Gasteiger partial charge in [0.15, 0.2) is 0 Å². The van der Waals surface area contributed by atoms with Crippen molar-refractivity contribution in [2.24, 2.45) is 5.10 Å². The molecule has 0 saturated carbocycles. The number of methoxy groups -OCH3 is 1. The van der Waals surface area contributed by atoms with Crippen LogP contribution < -0.4 is 9.75 Å². The monoisotopic (exact) mass is 360 g/mol. The number of hydrogen-bond donors (Lipinski definition) is 0. The van der Waals surface area contributed by atoms with Gasteiger partial charge in [0.05, 0.1) is 29.1 Å². The van der Waals surface area contributed by atoms with Crippen molar-refractivity contribution in [1.82, 2.24) is 0 Å². The molecule has 122 valence electrons. The Morgan fingerprint density at radius 2 is 1.83 bits per heavy atom. The van der Waals surface area contributed by atoms with Gasteiger partial charge in [0.1, 0.15) is 5.75 Å². The van der Waals surface area contributed by atoms with Crippen LogP contribution in [0.25, 0.3) is 6.08 Å². The van der Waals surface area contributed by atoms with Crippen molar-refractivity contribution in [3.8, 4) is 5.75 Å². The summed E-state index contributed by atoms with van der Waals surface area (Å²) in [6.07, 6.45) is 1.80. The molecule has 2 aromatic rings. The average Bonchev–Trinajstić information content (AvgIpc) is 2.84. The lowest BCUT2D eigenvalue weighted by Gasteiger charge is -2.13. The molecule has 0 saturated heterocycles. The van der Waals surface area contributed by atoms with Crippen LogP contribution >= 0.6 is 23.2 Å². The van der Waals surface area contributed by atoms with Gasteiger partial charge in [-0.2, -0.15) is 10.1 Å². The summed E-state index contributed by atoms with van der Waals surface area (Å²) >= 11 is 12.1. The van der Waals surface area contributed by atoms with Crippen molar-refractivity contribution in [2.45, 2.75) is 6.92 Å². The van der Waals surface area contributed by atoms with Gasteiger partial charge in [-0.15, -0.1) is 0 Å². The molecule has 0 bridgehead atoms. The van der Waals surface area contributed by atoms with E-state index in [-0.39, 0.29) is 5.91 Å². The van der Waals surface area contributed by atoms with Crippen LogP contribution in [0.4, 0.5) is 5.69 Å². The Labute approximate surface area is 149 Å². The van der Waals surface area contributed by atoms with Crippen molar-refractivity contribution in [3.05, 3.63) is 63.6 Å². The topological polar surface area (TPSA) is 41.9 Å². The molecule has 0 unspecified atom stereocenters. The summed E-state index contributed by atoms with van der Waals surface area (Å²) in [6, 6.07) is 12.4. The Morgan fingerprint density at radius 1 is 1.12 bits per heavy atom. The quantitative estimate of drug-likeness (QED) is 0.737. The van der Waals surface area contributed by atoms with E-state index in [0.29, 0.717) is 27.0 Å². The van der Waals surface area contributed by atoms with Crippen LogP contribution in [0.15, 0.2) is 53.1 Å². The van der Waals surface area contributed by atoms with Gasteiger partial charge in [0.25, 0.3) is 5.91 Å². The fourth-order valence-electron chi connectivity index (χ4n) is 2.37. The molecule has 0 N–H and O–H groups in total. The first-order valence-corrected chi connectivity index (χ1v) is 7.96. The molecule has 0 atom stereocenters. The van der Waals surface area contributed by atoms with Gasteiger partial charge in [-0.3, -0.25) is 4.79 Å². The van der Waals surface area contributed by atoms with Crippen molar-refractivity contribution in [3.63, 3.8) is 0 Å². The van der Waals surface area contributed by atoms with Crippen LogP contribution in [0, 0.1) is 0 Å². The Morgan fingerprint density at radius 3 is 2.46 bits per heavy atom. The van der Waals surface area contributed by atoms with Gasteiger partial charge in [0.2, 0.25) is 0 Å². The number of anilines is 1. The van der Waals surface area contributed by atoms with E-state index in [4.69, 9.17) is 27.9 Å². The van der Waals surface area contributed by atoms with Crippen LogP contribution in [-0.4, -0.2) is 18.7 Å². The maximum atomic E-state index is 12.7. The number of nitrogens with zero attached hydrogens (tertiary/aromatic N) is 2. The predicted molar refractivity (Wildman–Crippen MR) is 98.0 cm³/mol. The zero-order valence-electron chi connectivity index (χ0n) is 13.1. The normalized spacial score (nSPS) is 15.8. The molecule has 0 aromatic heterocycles. The predicted octanol–water partition coefficient (Wildman–Crippen LogP) is 4.81. The largest absolute Gasteiger partial charge is 0.497 e. The fraction of sp³-hybridized carbons (Fsp3) is 0.111. The van der Waals surface area contributed by atoms with Gasteiger partial charge < -0.3 is 4.74 Å². The number of benzene rings is 2. The molecule has 1 amide bonds. The molecule has 0 aliphatic carbocycles. The van der Waals surface area contributed by atoms with Crippen molar-refractivity contribution < 1.29 is 9.53 Å². The summed E-state index contributed by atoms with van der Waals surface area (Å²) in [5.41, 5.74) is 2.54. The molecule has 4 nitrogen and oxygen atoms in total. The number of hydrogen-bond acceptors (Lipinski definition) is 3. The second kappa shape index (κ2) is 6.67. The van der Waals surface area contributed by atoms with E-state index in [0.717, 1.165) is 11.3 Å². The SMILES string of the molecule is COc1ccc(/C=C2\C(=O)N(c3ccc(Cl)cc3Cl)N=C2C)cc1. The van der Waals surface area contributed by atoms with E-state index >= 15 is 0 Å². The first-order valence-electron chi connectivity index (χ1n) is 7.20. The van der Waals surface area contributed by atoms with Crippen molar-refractivity contribution in [2.75, 3.05) is 12.1 Å². The number of ether oxygens (including phenoxy) is 1. The second-order valence-electron chi connectivity index (χ2n) is 5.23. The smallest absolute Gasteiger partial charge is 0.280 e. The van der Waals surface area contributed by atoms with Crippen LogP contribution in [0.5, 0.6) is 5.75 Å². The van der Waals surface area contributed by atoms with Crippen molar-refractivity contribution in [1.29, 1.82) is 0 Å². The number of halogens is 2. The maximum absolute atomic E-state index is 12.7. The minimum atomic E-state index is -0.229. The first-order chi connectivity index (χ1) is 11.5. The second-order valence-corrected chi connectivity index (χ2v) is 6.07. The standard InChI is InChI=1S/C18H14Cl2N2O2/c1-11-15(9-12-3-6-14(24-2)7-4-12)18(23)22(21-11)17-8-5-13(19)10-16(17)20/h3-10H,1-2H3/b15-9-. The van der Waals surface area contributed by atoms with Gasteiger partial charge >= 0.3 is 0 Å². The van der Waals surface area contributed by atoms with E-state index in [1.54, 1.807) is 38.3 Å². The highest BCUT2D eigenvalue weighted by molar-refractivity contribution is 6.38. The lowest BCUT2D eigenvalue weighted by atomic mass is 10.1. The molecular weight excluding hydrogens is 347 g/mol. The summed E-state index contributed by atoms with van der Waals surface area (Å²) in [5.74, 6) is 0.530. The molecule has 1 aliphatic rings. The molecule has 1 heterocycles. The Kier molecular flexibility index (Phi) is 4.60. The molecule has 0 spiro atoms. The molecule has 0 radical (unpaired) electrons. The lowest BCUT2D eigenvalue weighted by molar-refractivity contribution is -0.114. The third-order valence-electron chi connectivity index (χ3n) is 3.63. The fourth-order valence-corrected chi connectivity index (χ4v) is 2.86. The number of carbonyl (C=O) groups excluding carboxylic acids is 1. The Balaban J connectivity index is 1.93. The third-order valence-corrected chi connectivity index (χ3v) is 4.17. The molecular formula is C18H14Cl2N2O2. The summed E-state index contributed by atoms with van der Waals surface area (Å²) in [7, 11) is 1.61. The molecule has 24 heavy (non-hydrogen) atoms. The minimum absolute atomic E-state index is 0.229. The highest BCUT2D eigenvalue weighted by atomic mass is 35.5. The first kappa shape index (κ1) is 16.6. The van der Waals surface area contributed by atoms with Crippen LogP contribution in [0.2, 0.25) is 10.0 Å². The van der Waals surface area contributed by atoms with E-state index in [9.17, 15) is 4.79 Å². The number of rotatable bonds is 3. The summed E-state index contributed by atoms with van der Waals surface area (Å²) in [4.78, 5) is 12.7. The Bertz CT molecular complexity index is 858. The highest BCUT2D eigenvalue weighted by Gasteiger charge is 2.29. The Hall–Kier alpha value is -2.30. The summed E-state index contributed by atoms with van der Waals surface area (Å²) in [6.45, 7) is 1.79. The van der Waals surface area contributed by atoms with Crippen molar-refractivity contribution >= 4 is 46.6 Å². The van der Waals surface area contributed by atoms with E-state index in [1.165, 1.54) is 5.01 Å². The third kappa shape index (κ3) is 3.16. The summed E-state index contributed by atoms with van der Waals surface area (Å²) in [5, 5.41) is 6.49. The van der Waals surface area contributed by atoms with E-state index in [1.807, 2.05) is 24.3 Å². The molecule has 6 heteroatoms. The number of hydrazone groups is 1. The van der Waals surface area contributed by atoms with E-state index < -0.39 is 0 Å². The van der Waals surface area contributed by atoms with Gasteiger partial charge in [0, 0.05) is 5.02 Å². The maximum Gasteiger partial charge on any atom is 0.280 e. The number of amides is 1. The highest BCUT2D eigenvalue weighted by Crippen LogP contribution is 2.33.